The molecule has 0 radical (unpaired) electrons. The van der Waals surface area contributed by atoms with Crippen LogP contribution in [0.3, 0.4) is 0 Å². The average molecular weight is 285 g/mol. The van der Waals surface area contributed by atoms with Crippen LogP contribution in [0.5, 0.6) is 0 Å². The number of hydrogen-bond acceptors (Lipinski definition) is 5. The molecular formula is C13H23N3O4. The molecule has 7 heteroatoms. The standard InChI is InChI=1S/C13H23N3O4/c1-19-10-4-2-3-9(10)15-12(17)13(11(14)16-18)5-7-20-8-6-13/h9-10,18H,2-8H2,1H3,(H2,14,16)(H,15,17). The number of amidine groups is 1. The lowest BCUT2D eigenvalue weighted by atomic mass is 9.78. The molecule has 1 saturated carbocycles. The van der Waals surface area contributed by atoms with E-state index in [9.17, 15) is 4.79 Å². The molecule has 1 heterocycles. The van der Waals surface area contributed by atoms with Crippen LogP contribution in [0.2, 0.25) is 0 Å². The van der Waals surface area contributed by atoms with Crippen molar-refractivity contribution < 1.29 is 19.5 Å². The Hall–Kier alpha value is -1.34. The van der Waals surface area contributed by atoms with Crippen molar-refractivity contribution in [3.63, 3.8) is 0 Å². The first-order chi connectivity index (χ1) is 9.64. The second-order valence-electron chi connectivity index (χ2n) is 5.46. The molecule has 2 rings (SSSR count). The largest absolute Gasteiger partial charge is 0.409 e. The Morgan fingerprint density at radius 1 is 1.45 bits per heavy atom. The zero-order valence-corrected chi connectivity index (χ0v) is 11.8. The Kier molecular flexibility index (Phi) is 4.82. The number of carbonyl (C=O) groups excluding carboxylic acids is 1. The molecule has 0 aromatic carbocycles. The van der Waals surface area contributed by atoms with Crippen molar-refractivity contribution in [3.05, 3.63) is 0 Å². The molecule has 1 saturated heterocycles. The number of methoxy groups -OCH3 is 1. The van der Waals surface area contributed by atoms with Gasteiger partial charge in [-0.25, -0.2) is 0 Å². The van der Waals surface area contributed by atoms with Crippen molar-refractivity contribution in [3.8, 4) is 0 Å². The van der Waals surface area contributed by atoms with Crippen molar-refractivity contribution in [2.24, 2.45) is 16.3 Å². The predicted molar refractivity (Wildman–Crippen MR) is 72.5 cm³/mol. The van der Waals surface area contributed by atoms with E-state index in [-0.39, 0.29) is 23.9 Å². The molecule has 2 fully saturated rings. The van der Waals surface area contributed by atoms with Crippen molar-refractivity contribution in [1.29, 1.82) is 0 Å². The Morgan fingerprint density at radius 2 is 2.15 bits per heavy atom. The highest BCUT2D eigenvalue weighted by molar-refractivity contribution is 6.07. The summed E-state index contributed by atoms with van der Waals surface area (Å²) in [5, 5.41) is 15.1. The number of nitrogens with zero attached hydrogens (tertiary/aromatic N) is 1. The van der Waals surface area contributed by atoms with Gasteiger partial charge in [0.05, 0.1) is 12.1 Å². The van der Waals surface area contributed by atoms with Crippen molar-refractivity contribution in [1.82, 2.24) is 5.32 Å². The molecule has 1 amide bonds. The number of hydrogen-bond donors (Lipinski definition) is 3. The molecule has 0 spiro atoms. The van der Waals surface area contributed by atoms with E-state index in [1.165, 1.54) is 0 Å². The SMILES string of the molecule is COC1CCCC1NC(=O)C1(C(N)=NO)CCOCC1. The van der Waals surface area contributed by atoms with Crippen LogP contribution in [0.15, 0.2) is 5.16 Å². The minimum absolute atomic E-state index is 0.00119. The maximum Gasteiger partial charge on any atom is 0.234 e. The smallest absolute Gasteiger partial charge is 0.234 e. The predicted octanol–water partition coefficient (Wildman–Crippen LogP) is 0.213. The van der Waals surface area contributed by atoms with E-state index < -0.39 is 5.41 Å². The second-order valence-corrected chi connectivity index (χ2v) is 5.46. The summed E-state index contributed by atoms with van der Waals surface area (Å²) in [5.41, 5.74) is 4.81. The zero-order chi connectivity index (χ0) is 14.6. The Bertz CT molecular complexity index is 380. The maximum atomic E-state index is 12.6. The van der Waals surface area contributed by atoms with E-state index in [1.807, 2.05) is 0 Å². The van der Waals surface area contributed by atoms with Gasteiger partial charge in [0.25, 0.3) is 0 Å². The number of nitrogens with one attached hydrogen (secondary N) is 1. The Balaban J connectivity index is 2.11. The lowest BCUT2D eigenvalue weighted by molar-refractivity contribution is -0.133. The highest BCUT2D eigenvalue weighted by atomic mass is 16.5. The van der Waals surface area contributed by atoms with Crippen molar-refractivity contribution >= 4 is 11.7 Å². The summed E-state index contributed by atoms with van der Waals surface area (Å²) in [5.74, 6) is -0.227. The number of ether oxygens (including phenoxy) is 2. The van der Waals surface area contributed by atoms with Crippen LogP contribution in [0.25, 0.3) is 0 Å². The van der Waals surface area contributed by atoms with Gasteiger partial charge >= 0.3 is 0 Å². The first-order valence-electron chi connectivity index (χ1n) is 7.03. The number of oxime groups is 1. The quantitative estimate of drug-likeness (QED) is 0.296. The average Bonchev–Trinajstić information content (AvgIpc) is 2.94. The van der Waals surface area contributed by atoms with Crippen LogP contribution < -0.4 is 11.1 Å². The first kappa shape index (κ1) is 15.1. The molecule has 1 aliphatic heterocycles. The second kappa shape index (κ2) is 6.41. The Labute approximate surface area is 118 Å². The van der Waals surface area contributed by atoms with E-state index in [0.29, 0.717) is 26.1 Å². The van der Waals surface area contributed by atoms with Crippen molar-refractivity contribution in [2.75, 3.05) is 20.3 Å². The Morgan fingerprint density at radius 3 is 2.75 bits per heavy atom. The molecule has 20 heavy (non-hydrogen) atoms. The molecule has 2 aliphatic rings. The third-order valence-corrected chi connectivity index (χ3v) is 4.45. The first-order valence-corrected chi connectivity index (χ1v) is 7.03. The third-order valence-electron chi connectivity index (χ3n) is 4.45. The van der Waals surface area contributed by atoms with E-state index in [4.69, 9.17) is 20.4 Å². The van der Waals surface area contributed by atoms with Crippen LogP contribution >= 0.6 is 0 Å². The number of rotatable bonds is 4. The third kappa shape index (κ3) is 2.73. The summed E-state index contributed by atoms with van der Waals surface area (Å²) in [7, 11) is 1.66. The number of nitrogens with two attached hydrogens (primary N) is 1. The molecule has 0 aromatic rings. The molecule has 0 aromatic heterocycles. The fraction of sp³-hybridized carbons (Fsp3) is 0.846. The molecule has 4 N–H and O–H groups in total. The van der Waals surface area contributed by atoms with E-state index in [0.717, 1.165) is 19.3 Å². The summed E-state index contributed by atoms with van der Waals surface area (Å²) >= 11 is 0. The minimum Gasteiger partial charge on any atom is -0.409 e. The van der Waals surface area contributed by atoms with E-state index in [2.05, 4.69) is 10.5 Å². The normalized spacial score (nSPS) is 30.1. The molecule has 1 aliphatic carbocycles. The van der Waals surface area contributed by atoms with Crippen LogP contribution in [0, 0.1) is 5.41 Å². The molecule has 2 atom stereocenters. The topological polar surface area (TPSA) is 106 Å². The highest BCUT2D eigenvalue weighted by Gasteiger charge is 2.46. The van der Waals surface area contributed by atoms with Gasteiger partial charge in [-0.1, -0.05) is 5.16 Å². The van der Waals surface area contributed by atoms with Gasteiger partial charge < -0.3 is 25.7 Å². The fourth-order valence-electron chi connectivity index (χ4n) is 3.09. The molecular weight excluding hydrogens is 262 g/mol. The van der Waals surface area contributed by atoms with Gasteiger partial charge in [0.15, 0.2) is 5.84 Å². The minimum atomic E-state index is -0.964. The van der Waals surface area contributed by atoms with Gasteiger partial charge in [-0.05, 0) is 32.1 Å². The van der Waals surface area contributed by atoms with Gasteiger partial charge in [0.1, 0.15) is 5.41 Å². The summed E-state index contributed by atoms with van der Waals surface area (Å²) in [6.07, 6.45) is 3.78. The summed E-state index contributed by atoms with van der Waals surface area (Å²) < 4.78 is 10.7. The zero-order valence-electron chi connectivity index (χ0n) is 11.8. The van der Waals surface area contributed by atoms with Crippen LogP contribution in [-0.2, 0) is 14.3 Å². The number of carbonyl (C=O) groups is 1. The van der Waals surface area contributed by atoms with Crippen LogP contribution in [0.4, 0.5) is 0 Å². The van der Waals surface area contributed by atoms with Gasteiger partial charge in [-0.2, -0.15) is 0 Å². The van der Waals surface area contributed by atoms with Gasteiger partial charge in [-0.3, -0.25) is 4.79 Å². The fourth-order valence-corrected chi connectivity index (χ4v) is 3.09. The van der Waals surface area contributed by atoms with Gasteiger partial charge in [-0.15, -0.1) is 0 Å². The lowest BCUT2D eigenvalue weighted by Crippen LogP contribution is -2.55. The lowest BCUT2D eigenvalue weighted by Gasteiger charge is -2.35. The van der Waals surface area contributed by atoms with Gasteiger partial charge in [0, 0.05) is 20.3 Å². The molecule has 7 nitrogen and oxygen atoms in total. The maximum absolute atomic E-state index is 12.6. The van der Waals surface area contributed by atoms with Crippen molar-refractivity contribution in [2.45, 2.75) is 44.2 Å². The monoisotopic (exact) mass is 285 g/mol. The number of amides is 1. The van der Waals surface area contributed by atoms with Crippen LogP contribution in [0.1, 0.15) is 32.1 Å². The molecule has 114 valence electrons. The summed E-state index contributed by atoms with van der Waals surface area (Å²) in [6.45, 7) is 0.865. The van der Waals surface area contributed by atoms with Crippen LogP contribution in [-0.4, -0.2) is 49.4 Å². The summed E-state index contributed by atoms with van der Waals surface area (Å²) in [6, 6.07) is -0.00119. The van der Waals surface area contributed by atoms with E-state index in [1.54, 1.807) is 7.11 Å². The summed E-state index contributed by atoms with van der Waals surface area (Å²) in [4.78, 5) is 12.6. The van der Waals surface area contributed by atoms with Gasteiger partial charge in [0.2, 0.25) is 5.91 Å². The van der Waals surface area contributed by atoms with E-state index >= 15 is 0 Å². The highest BCUT2D eigenvalue weighted by Crippen LogP contribution is 2.32. The molecule has 2 unspecified atom stereocenters. The molecule has 0 bridgehead atoms.